The van der Waals surface area contributed by atoms with Crippen LogP contribution in [0.15, 0.2) is 0 Å². The van der Waals surface area contributed by atoms with Crippen LogP contribution in [0.5, 0.6) is 0 Å². The molecule has 2 heteroatoms. The summed E-state index contributed by atoms with van der Waals surface area (Å²) >= 11 is 0. The first-order chi connectivity index (χ1) is 7.33. The molecule has 15 heavy (non-hydrogen) atoms. The second-order valence-electron chi connectivity index (χ2n) is 5.77. The van der Waals surface area contributed by atoms with E-state index < -0.39 is 0 Å². The largest absolute Gasteiger partial charge is 0.353 e. The topological polar surface area (TPSA) is 29.1 Å². The summed E-state index contributed by atoms with van der Waals surface area (Å²) in [5.41, 5.74) is 0. The lowest BCUT2D eigenvalue weighted by Crippen LogP contribution is -2.39. The van der Waals surface area contributed by atoms with Crippen LogP contribution in [0.25, 0.3) is 0 Å². The molecular formula is C13H21NO. The Morgan fingerprint density at radius 1 is 0.933 bits per heavy atom. The van der Waals surface area contributed by atoms with Gasteiger partial charge in [0.25, 0.3) is 0 Å². The maximum absolute atomic E-state index is 12.0. The summed E-state index contributed by atoms with van der Waals surface area (Å²) < 4.78 is 0. The summed E-state index contributed by atoms with van der Waals surface area (Å²) in [6.45, 7) is 0. The van der Waals surface area contributed by atoms with Gasteiger partial charge in [0.05, 0.1) is 0 Å². The van der Waals surface area contributed by atoms with E-state index in [1.807, 2.05) is 0 Å². The zero-order valence-corrected chi connectivity index (χ0v) is 9.37. The van der Waals surface area contributed by atoms with Crippen LogP contribution in [0.4, 0.5) is 0 Å². The Hall–Kier alpha value is -0.530. The Morgan fingerprint density at radius 2 is 1.60 bits per heavy atom. The van der Waals surface area contributed by atoms with Gasteiger partial charge in [0, 0.05) is 12.0 Å². The number of nitrogens with one attached hydrogen (secondary N) is 1. The van der Waals surface area contributed by atoms with Gasteiger partial charge >= 0.3 is 0 Å². The lowest BCUT2D eigenvalue weighted by molar-refractivity contribution is -0.126. The first-order valence-corrected chi connectivity index (χ1v) is 6.63. The number of hydrogen-bond donors (Lipinski definition) is 1. The van der Waals surface area contributed by atoms with E-state index in [9.17, 15) is 4.79 Å². The SMILES string of the molecule is O=C(NC1CCCCC1)C1CC2CC2C1. The van der Waals surface area contributed by atoms with E-state index in [0.717, 1.165) is 11.8 Å². The molecule has 2 nitrogen and oxygen atoms in total. The number of hydrogen-bond acceptors (Lipinski definition) is 1. The molecule has 0 heterocycles. The van der Waals surface area contributed by atoms with E-state index in [4.69, 9.17) is 0 Å². The van der Waals surface area contributed by atoms with Crippen molar-refractivity contribution in [3.05, 3.63) is 0 Å². The molecule has 1 amide bonds. The highest BCUT2D eigenvalue weighted by Crippen LogP contribution is 2.54. The highest BCUT2D eigenvalue weighted by molar-refractivity contribution is 5.79. The van der Waals surface area contributed by atoms with Gasteiger partial charge in [-0.05, 0) is 43.9 Å². The van der Waals surface area contributed by atoms with Crippen molar-refractivity contribution in [3.63, 3.8) is 0 Å². The molecule has 3 aliphatic carbocycles. The second-order valence-corrected chi connectivity index (χ2v) is 5.77. The molecule has 84 valence electrons. The third-order valence-corrected chi connectivity index (χ3v) is 4.57. The third kappa shape index (κ3) is 2.04. The van der Waals surface area contributed by atoms with Crippen LogP contribution >= 0.6 is 0 Å². The summed E-state index contributed by atoms with van der Waals surface area (Å²) in [5, 5.41) is 3.26. The highest BCUT2D eigenvalue weighted by atomic mass is 16.1. The average Bonchev–Trinajstić information content (AvgIpc) is 2.87. The minimum atomic E-state index is 0.370. The maximum atomic E-state index is 12.0. The second kappa shape index (κ2) is 3.80. The van der Waals surface area contributed by atoms with Crippen LogP contribution in [0.1, 0.15) is 51.4 Å². The lowest BCUT2D eigenvalue weighted by atomic mass is 9.94. The molecule has 3 saturated carbocycles. The van der Waals surface area contributed by atoms with Gasteiger partial charge in [0.1, 0.15) is 0 Å². The first kappa shape index (κ1) is 9.68. The van der Waals surface area contributed by atoms with Crippen LogP contribution in [-0.4, -0.2) is 11.9 Å². The van der Waals surface area contributed by atoms with E-state index in [0.29, 0.717) is 17.9 Å². The van der Waals surface area contributed by atoms with Gasteiger partial charge in [-0.2, -0.15) is 0 Å². The molecule has 3 fully saturated rings. The summed E-state index contributed by atoms with van der Waals surface area (Å²) in [7, 11) is 0. The fourth-order valence-electron chi connectivity index (χ4n) is 3.49. The summed E-state index contributed by atoms with van der Waals surface area (Å²) in [4.78, 5) is 12.0. The molecule has 3 rings (SSSR count). The summed E-state index contributed by atoms with van der Waals surface area (Å²) in [5.74, 6) is 2.59. The first-order valence-electron chi connectivity index (χ1n) is 6.63. The Kier molecular flexibility index (Phi) is 2.45. The molecule has 0 aromatic heterocycles. The molecule has 0 aromatic rings. The maximum Gasteiger partial charge on any atom is 0.223 e. The molecular weight excluding hydrogens is 186 g/mol. The molecule has 0 aliphatic heterocycles. The van der Waals surface area contributed by atoms with Crippen molar-refractivity contribution in [2.75, 3.05) is 0 Å². The molecule has 0 aromatic carbocycles. The van der Waals surface area contributed by atoms with E-state index >= 15 is 0 Å². The van der Waals surface area contributed by atoms with Crippen LogP contribution in [0, 0.1) is 17.8 Å². The molecule has 2 unspecified atom stereocenters. The zero-order valence-electron chi connectivity index (χ0n) is 9.37. The molecule has 3 aliphatic rings. The van der Waals surface area contributed by atoms with Gasteiger partial charge in [-0.3, -0.25) is 4.79 Å². The van der Waals surface area contributed by atoms with Crippen molar-refractivity contribution in [2.45, 2.75) is 57.4 Å². The molecule has 0 radical (unpaired) electrons. The van der Waals surface area contributed by atoms with Gasteiger partial charge < -0.3 is 5.32 Å². The fourth-order valence-corrected chi connectivity index (χ4v) is 3.49. The molecule has 0 bridgehead atoms. The number of fused-ring (bicyclic) bond motifs is 1. The monoisotopic (exact) mass is 207 g/mol. The van der Waals surface area contributed by atoms with E-state index in [1.165, 1.54) is 51.4 Å². The molecule has 0 spiro atoms. The van der Waals surface area contributed by atoms with Gasteiger partial charge in [0.2, 0.25) is 5.91 Å². The van der Waals surface area contributed by atoms with Crippen molar-refractivity contribution in [3.8, 4) is 0 Å². The van der Waals surface area contributed by atoms with Crippen LogP contribution in [0.2, 0.25) is 0 Å². The highest BCUT2D eigenvalue weighted by Gasteiger charge is 2.48. The summed E-state index contributed by atoms with van der Waals surface area (Å²) in [6, 6.07) is 0.503. The average molecular weight is 207 g/mol. The van der Waals surface area contributed by atoms with Gasteiger partial charge in [-0.25, -0.2) is 0 Å². The predicted molar refractivity (Wildman–Crippen MR) is 59.3 cm³/mol. The number of carbonyl (C=O) groups excluding carboxylic acids is 1. The standard InChI is InChI=1S/C13H21NO/c15-13(11-7-9-6-10(9)8-11)14-12-4-2-1-3-5-12/h9-12H,1-8H2,(H,14,15). The Balaban J connectivity index is 1.47. The number of amides is 1. The van der Waals surface area contributed by atoms with Crippen LogP contribution < -0.4 is 5.32 Å². The van der Waals surface area contributed by atoms with Crippen molar-refractivity contribution in [1.82, 2.24) is 5.32 Å². The minimum Gasteiger partial charge on any atom is -0.353 e. The van der Waals surface area contributed by atoms with E-state index in [1.54, 1.807) is 0 Å². The van der Waals surface area contributed by atoms with Gasteiger partial charge in [-0.15, -0.1) is 0 Å². The van der Waals surface area contributed by atoms with Crippen molar-refractivity contribution in [1.29, 1.82) is 0 Å². The Labute approximate surface area is 91.8 Å². The fraction of sp³-hybridized carbons (Fsp3) is 0.923. The van der Waals surface area contributed by atoms with E-state index in [-0.39, 0.29) is 0 Å². The zero-order chi connectivity index (χ0) is 10.3. The van der Waals surface area contributed by atoms with Crippen molar-refractivity contribution >= 4 is 5.91 Å². The van der Waals surface area contributed by atoms with Crippen molar-refractivity contribution < 1.29 is 4.79 Å². The quantitative estimate of drug-likeness (QED) is 0.740. The van der Waals surface area contributed by atoms with Gasteiger partial charge in [0.15, 0.2) is 0 Å². The lowest BCUT2D eigenvalue weighted by Gasteiger charge is -2.24. The molecule has 0 saturated heterocycles. The smallest absolute Gasteiger partial charge is 0.223 e. The Morgan fingerprint density at radius 3 is 2.27 bits per heavy atom. The minimum absolute atomic E-state index is 0.370. The van der Waals surface area contributed by atoms with E-state index in [2.05, 4.69) is 5.32 Å². The molecule has 2 atom stereocenters. The number of rotatable bonds is 2. The molecule has 1 N–H and O–H groups in total. The van der Waals surface area contributed by atoms with Crippen molar-refractivity contribution in [2.24, 2.45) is 17.8 Å². The third-order valence-electron chi connectivity index (χ3n) is 4.57. The summed E-state index contributed by atoms with van der Waals surface area (Å²) in [6.07, 6.45) is 10.2. The number of carbonyl (C=O) groups is 1. The van der Waals surface area contributed by atoms with Crippen LogP contribution in [0.3, 0.4) is 0 Å². The Bertz CT molecular complexity index is 247. The van der Waals surface area contributed by atoms with Crippen LogP contribution in [-0.2, 0) is 4.79 Å². The van der Waals surface area contributed by atoms with Gasteiger partial charge in [-0.1, -0.05) is 19.3 Å². The normalized spacial score (nSPS) is 39.9. The predicted octanol–water partition coefficient (Wildman–Crippen LogP) is 2.48.